The second-order valence-electron chi connectivity index (χ2n) is 7.36. The van der Waals surface area contributed by atoms with Crippen LogP contribution in [0.3, 0.4) is 0 Å². The van der Waals surface area contributed by atoms with E-state index >= 15 is 0 Å². The van der Waals surface area contributed by atoms with Gasteiger partial charge >= 0.3 is 0 Å². The summed E-state index contributed by atoms with van der Waals surface area (Å²) >= 11 is 0. The highest BCUT2D eigenvalue weighted by atomic mass is 15.2. The molecule has 1 aromatic carbocycles. The van der Waals surface area contributed by atoms with E-state index in [-0.39, 0.29) is 0 Å². The van der Waals surface area contributed by atoms with E-state index in [0.717, 1.165) is 18.5 Å². The summed E-state index contributed by atoms with van der Waals surface area (Å²) < 4.78 is 0. The summed E-state index contributed by atoms with van der Waals surface area (Å²) in [5.74, 6) is 0.849. The van der Waals surface area contributed by atoms with Gasteiger partial charge < -0.3 is 9.88 Å². The van der Waals surface area contributed by atoms with Gasteiger partial charge in [0.25, 0.3) is 0 Å². The first-order valence-electron chi connectivity index (χ1n) is 8.69. The Morgan fingerprint density at radius 3 is 2.86 bits per heavy atom. The van der Waals surface area contributed by atoms with Crippen molar-refractivity contribution in [3.63, 3.8) is 0 Å². The number of hydrogen-bond donors (Lipinski definition) is 1. The Morgan fingerprint density at radius 2 is 2.00 bits per heavy atom. The summed E-state index contributed by atoms with van der Waals surface area (Å²) in [5.41, 5.74) is 4.12. The van der Waals surface area contributed by atoms with Crippen molar-refractivity contribution in [3.05, 3.63) is 35.5 Å². The summed E-state index contributed by atoms with van der Waals surface area (Å²) in [5, 5.41) is 1.38. The lowest BCUT2D eigenvalue weighted by Gasteiger charge is -2.29. The highest BCUT2D eigenvalue weighted by molar-refractivity contribution is 5.84. The number of rotatable bonds is 2. The van der Waals surface area contributed by atoms with Gasteiger partial charge in [-0.3, -0.25) is 4.90 Å². The van der Waals surface area contributed by atoms with Crippen molar-refractivity contribution in [3.8, 4) is 0 Å². The van der Waals surface area contributed by atoms with Gasteiger partial charge in [-0.25, -0.2) is 0 Å². The molecule has 0 saturated carbocycles. The molecule has 3 nitrogen and oxygen atoms in total. The van der Waals surface area contributed by atoms with Gasteiger partial charge in [0, 0.05) is 48.8 Å². The molecule has 0 spiro atoms. The first-order valence-corrected chi connectivity index (χ1v) is 8.69. The lowest BCUT2D eigenvalue weighted by Crippen LogP contribution is -2.38. The van der Waals surface area contributed by atoms with E-state index < -0.39 is 0 Å². The number of aromatic nitrogens is 1. The van der Waals surface area contributed by atoms with E-state index in [2.05, 4.69) is 53.0 Å². The van der Waals surface area contributed by atoms with Crippen molar-refractivity contribution in [2.75, 3.05) is 26.7 Å². The molecule has 2 saturated heterocycles. The van der Waals surface area contributed by atoms with E-state index in [1.54, 1.807) is 0 Å². The Morgan fingerprint density at radius 1 is 1.14 bits per heavy atom. The summed E-state index contributed by atoms with van der Waals surface area (Å²) in [7, 11) is 2.32. The predicted molar refractivity (Wildman–Crippen MR) is 92.1 cm³/mol. The quantitative estimate of drug-likeness (QED) is 0.918. The minimum absolute atomic E-state index is 0.747. The van der Waals surface area contributed by atoms with Gasteiger partial charge in [-0.2, -0.15) is 0 Å². The fourth-order valence-electron chi connectivity index (χ4n) is 4.48. The number of likely N-dealkylation sites (N-methyl/N-ethyl adjacent to an activating group) is 1. The molecule has 2 fully saturated rings. The van der Waals surface area contributed by atoms with Crippen LogP contribution in [-0.4, -0.2) is 47.5 Å². The van der Waals surface area contributed by atoms with Gasteiger partial charge in [-0.1, -0.05) is 24.6 Å². The van der Waals surface area contributed by atoms with E-state index in [9.17, 15) is 0 Å². The molecule has 2 bridgehead atoms. The number of hydrogen-bond acceptors (Lipinski definition) is 2. The first-order chi connectivity index (χ1) is 10.7. The topological polar surface area (TPSA) is 22.3 Å². The second kappa shape index (κ2) is 5.71. The van der Waals surface area contributed by atoms with Crippen molar-refractivity contribution in [1.82, 2.24) is 14.8 Å². The molecule has 0 unspecified atom stereocenters. The number of fused-ring (bicyclic) bond motifs is 4. The highest BCUT2D eigenvalue weighted by Crippen LogP contribution is 2.28. The maximum Gasteiger partial charge on any atom is 0.0459 e. The van der Waals surface area contributed by atoms with Crippen molar-refractivity contribution in [2.24, 2.45) is 5.92 Å². The summed E-state index contributed by atoms with van der Waals surface area (Å²) in [6.45, 7) is 7.10. The van der Waals surface area contributed by atoms with E-state index in [4.69, 9.17) is 0 Å². The van der Waals surface area contributed by atoms with Gasteiger partial charge in [-0.05, 0) is 44.4 Å². The molecule has 4 rings (SSSR count). The van der Waals surface area contributed by atoms with Crippen LogP contribution in [0.4, 0.5) is 0 Å². The van der Waals surface area contributed by atoms with Crippen LogP contribution >= 0.6 is 0 Å². The molecule has 0 aliphatic carbocycles. The molecule has 1 N–H and O–H groups in total. The molecule has 22 heavy (non-hydrogen) atoms. The molecule has 2 aliphatic rings. The number of benzene rings is 1. The van der Waals surface area contributed by atoms with Gasteiger partial charge in [0.05, 0.1) is 0 Å². The third-order valence-corrected chi connectivity index (χ3v) is 5.76. The zero-order valence-corrected chi connectivity index (χ0v) is 13.8. The minimum atomic E-state index is 0.747. The van der Waals surface area contributed by atoms with Crippen LogP contribution in [0.25, 0.3) is 10.9 Å². The average molecular weight is 297 g/mol. The normalized spacial score (nSPS) is 27.2. The van der Waals surface area contributed by atoms with Crippen LogP contribution in [0, 0.1) is 12.8 Å². The van der Waals surface area contributed by atoms with Crippen LogP contribution in [0.1, 0.15) is 30.5 Å². The van der Waals surface area contributed by atoms with Crippen LogP contribution in [0.2, 0.25) is 0 Å². The average Bonchev–Trinajstić information content (AvgIpc) is 2.61. The number of nitrogens with one attached hydrogen (secondary N) is 1. The fraction of sp³-hybridized carbons (Fsp3) is 0.579. The first kappa shape index (κ1) is 14.3. The highest BCUT2D eigenvalue weighted by Gasteiger charge is 2.30. The lowest BCUT2D eigenvalue weighted by molar-refractivity contribution is 0.186. The molecule has 2 aliphatic heterocycles. The molecule has 2 atom stereocenters. The van der Waals surface area contributed by atoms with Crippen molar-refractivity contribution in [2.45, 2.75) is 38.8 Å². The van der Waals surface area contributed by atoms with Crippen LogP contribution in [0.5, 0.6) is 0 Å². The summed E-state index contributed by atoms with van der Waals surface area (Å²) in [6, 6.07) is 9.43. The largest absolute Gasteiger partial charge is 0.357 e. The molecule has 0 amide bonds. The molecule has 0 radical (unpaired) electrons. The lowest BCUT2D eigenvalue weighted by atomic mass is 9.99. The van der Waals surface area contributed by atoms with Gasteiger partial charge in [0.15, 0.2) is 0 Å². The van der Waals surface area contributed by atoms with Crippen LogP contribution < -0.4 is 0 Å². The van der Waals surface area contributed by atoms with Gasteiger partial charge in [-0.15, -0.1) is 0 Å². The Bertz CT molecular complexity index is 660. The number of nitrogens with zero attached hydrogens (tertiary/aromatic N) is 2. The zero-order valence-electron chi connectivity index (χ0n) is 13.8. The van der Waals surface area contributed by atoms with Crippen molar-refractivity contribution < 1.29 is 0 Å². The molecule has 3 heterocycles. The second-order valence-corrected chi connectivity index (χ2v) is 7.36. The Balaban J connectivity index is 1.58. The molecule has 1 aromatic heterocycles. The fourth-order valence-corrected chi connectivity index (χ4v) is 4.48. The molecule has 2 aromatic rings. The zero-order chi connectivity index (χ0) is 15.1. The Kier molecular flexibility index (Phi) is 3.71. The Labute approximate surface area is 133 Å². The SMILES string of the molecule is Cc1c(CN2C[C@H]3CCC[C@@H](C2)N(C)C3)[nH]c2ccccc12. The number of aryl methyl sites for hydroxylation is 1. The van der Waals surface area contributed by atoms with Gasteiger partial charge in [0.1, 0.15) is 0 Å². The van der Waals surface area contributed by atoms with E-state index in [0.29, 0.717) is 0 Å². The monoisotopic (exact) mass is 297 g/mol. The van der Waals surface area contributed by atoms with Crippen molar-refractivity contribution >= 4 is 10.9 Å². The van der Waals surface area contributed by atoms with Gasteiger partial charge in [0.2, 0.25) is 0 Å². The van der Waals surface area contributed by atoms with E-state index in [1.807, 2.05) is 0 Å². The third kappa shape index (κ3) is 2.57. The molecule has 118 valence electrons. The number of H-pyrrole nitrogens is 1. The van der Waals surface area contributed by atoms with Crippen molar-refractivity contribution in [1.29, 1.82) is 0 Å². The Hall–Kier alpha value is -1.32. The van der Waals surface area contributed by atoms with Crippen LogP contribution in [0.15, 0.2) is 24.3 Å². The minimum Gasteiger partial charge on any atom is -0.357 e. The number of aromatic amines is 1. The maximum absolute atomic E-state index is 3.65. The van der Waals surface area contributed by atoms with Crippen LogP contribution in [-0.2, 0) is 6.54 Å². The number of likely N-dealkylation sites (tertiary alicyclic amines) is 1. The summed E-state index contributed by atoms with van der Waals surface area (Å²) in [4.78, 5) is 8.95. The molecular formula is C19H27N3. The molecular weight excluding hydrogens is 270 g/mol. The molecule has 3 heteroatoms. The van der Waals surface area contributed by atoms with E-state index in [1.165, 1.54) is 61.1 Å². The number of para-hydroxylation sites is 1. The standard InChI is InChI=1S/C19H27N3/c1-14-17-8-3-4-9-18(17)20-19(14)13-22-11-15-6-5-7-16(12-22)21(2)10-15/h3-4,8-9,15-16,20H,5-7,10-13H2,1-2H3/t15-,16-/m0/s1. The summed E-state index contributed by atoms with van der Waals surface area (Å²) in [6.07, 6.45) is 4.19. The smallest absolute Gasteiger partial charge is 0.0459 e. The maximum atomic E-state index is 3.65. The predicted octanol–water partition coefficient (Wildman–Crippen LogP) is 3.39. The third-order valence-electron chi connectivity index (χ3n) is 5.76.